The Morgan fingerprint density at radius 3 is 2.33 bits per heavy atom. The van der Waals surface area contributed by atoms with Crippen LogP contribution in [0.4, 0.5) is 17.1 Å². The van der Waals surface area contributed by atoms with E-state index in [2.05, 4.69) is 10.0 Å². The van der Waals surface area contributed by atoms with Crippen LogP contribution in [0.1, 0.15) is 21.5 Å². The number of rotatable bonds is 6. The summed E-state index contributed by atoms with van der Waals surface area (Å²) in [5, 5.41) is 13.7. The zero-order valence-electron chi connectivity index (χ0n) is 16.2. The largest absolute Gasteiger partial charge is 0.322 e. The summed E-state index contributed by atoms with van der Waals surface area (Å²) in [7, 11) is -4.15. The lowest BCUT2D eigenvalue weighted by atomic mass is 10.1. The molecule has 30 heavy (non-hydrogen) atoms. The minimum Gasteiger partial charge on any atom is -0.322 e. The maximum absolute atomic E-state index is 12.8. The Bertz CT molecular complexity index is 1240. The van der Waals surface area contributed by atoms with Gasteiger partial charge in [-0.15, -0.1) is 0 Å². The van der Waals surface area contributed by atoms with E-state index in [-0.39, 0.29) is 21.8 Å². The van der Waals surface area contributed by atoms with Gasteiger partial charge < -0.3 is 5.32 Å². The molecule has 0 aliphatic rings. The zero-order chi connectivity index (χ0) is 21.9. The van der Waals surface area contributed by atoms with Gasteiger partial charge in [0.1, 0.15) is 0 Å². The number of benzene rings is 3. The van der Waals surface area contributed by atoms with Crippen molar-refractivity contribution in [2.75, 3.05) is 10.0 Å². The van der Waals surface area contributed by atoms with Crippen LogP contribution < -0.4 is 10.0 Å². The average Bonchev–Trinajstić information content (AvgIpc) is 2.71. The van der Waals surface area contributed by atoms with Crippen LogP contribution in [0.3, 0.4) is 0 Å². The maximum Gasteiger partial charge on any atom is 0.270 e. The summed E-state index contributed by atoms with van der Waals surface area (Å²) in [4.78, 5) is 22.8. The number of hydrogen-bond donors (Lipinski definition) is 2. The van der Waals surface area contributed by atoms with Gasteiger partial charge in [0.05, 0.1) is 21.1 Å². The first-order valence-corrected chi connectivity index (χ1v) is 10.4. The number of nitro groups is 1. The highest BCUT2D eigenvalue weighted by atomic mass is 32.2. The van der Waals surface area contributed by atoms with Crippen LogP contribution in [0, 0.1) is 24.0 Å². The smallest absolute Gasteiger partial charge is 0.270 e. The monoisotopic (exact) mass is 425 g/mol. The highest BCUT2D eigenvalue weighted by Crippen LogP contribution is 2.25. The molecule has 0 radical (unpaired) electrons. The van der Waals surface area contributed by atoms with Gasteiger partial charge in [0.25, 0.3) is 21.6 Å². The number of nitro benzene ring substituents is 1. The molecule has 3 aromatic carbocycles. The standard InChI is InChI=1S/C21H19N3O5S/c1-14-7-5-12-19(15(14)2)22-21(25)18-10-3-4-11-20(18)23-30(28,29)17-9-6-8-16(13-17)24(26)27/h3-13,23H,1-2H3,(H,22,25). The predicted molar refractivity (Wildman–Crippen MR) is 114 cm³/mol. The van der Waals surface area contributed by atoms with Crippen molar-refractivity contribution in [3.8, 4) is 0 Å². The maximum atomic E-state index is 12.8. The van der Waals surface area contributed by atoms with Gasteiger partial charge in [0.2, 0.25) is 0 Å². The van der Waals surface area contributed by atoms with E-state index in [0.29, 0.717) is 5.69 Å². The van der Waals surface area contributed by atoms with E-state index in [4.69, 9.17) is 0 Å². The molecular weight excluding hydrogens is 406 g/mol. The number of anilines is 2. The van der Waals surface area contributed by atoms with Crippen molar-refractivity contribution in [2.45, 2.75) is 18.7 Å². The fourth-order valence-corrected chi connectivity index (χ4v) is 3.93. The second-order valence-electron chi connectivity index (χ2n) is 6.61. The second-order valence-corrected chi connectivity index (χ2v) is 8.29. The Labute approximate surface area is 173 Å². The van der Waals surface area contributed by atoms with E-state index >= 15 is 0 Å². The third-order valence-electron chi connectivity index (χ3n) is 4.61. The number of amides is 1. The van der Waals surface area contributed by atoms with Crippen LogP contribution in [0.15, 0.2) is 71.6 Å². The van der Waals surface area contributed by atoms with E-state index in [9.17, 15) is 23.3 Å². The molecule has 3 rings (SSSR count). The molecule has 8 nitrogen and oxygen atoms in total. The molecule has 2 N–H and O–H groups in total. The molecule has 154 valence electrons. The Morgan fingerprint density at radius 2 is 1.60 bits per heavy atom. The number of para-hydroxylation sites is 1. The van der Waals surface area contributed by atoms with Crippen LogP contribution in [0.2, 0.25) is 0 Å². The molecule has 0 aliphatic heterocycles. The van der Waals surface area contributed by atoms with E-state index < -0.39 is 20.9 Å². The lowest BCUT2D eigenvalue weighted by Crippen LogP contribution is -2.19. The van der Waals surface area contributed by atoms with Crippen LogP contribution in [0.5, 0.6) is 0 Å². The molecule has 1 amide bonds. The average molecular weight is 425 g/mol. The fourth-order valence-electron chi connectivity index (χ4n) is 2.81. The quantitative estimate of drug-likeness (QED) is 0.452. The molecular formula is C21H19N3O5S. The van der Waals surface area contributed by atoms with Gasteiger partial charge in [-0.1, -0.05) is 30.3 Å². The number of nitrogens with one attached hydrogen (secondary N) is 2. The van der Waals surface area contributed by atoms with E-state index in [0.717, 1.165) is 17.2 Å². The molecule has 9 heteroatoms. The number of sulfonamides is 1. The molecule has 0 bridgehead atoms. The van der Waals surface area contributed by atoms with Crippen molar-refractivity contribution >= 4 is 33.0 Å². The first-order valence-electron chi connectivity index (χ1n) is 8.93. The normalized spacial score (nSPS) is 11.0. The van der Waals surface area contributed by atoms with Gasteiger partial charge in [-0.05, 0) is 49.2 Å². The van der Waals surface area contributed by atoms with Gasteiger partial charge in [-0.3, -0.25) is 19.6 Å². The zero-order valence-corrected chi connectivity index (χ0v) is 17.1. The van der Waals surface area contributed by atoms with E-state index in [1.54, 1.807) is 18.2 Å². The minimum atomic E-state index is -4.15. The first-order chi connectivity index (χ1) is 14.2. The van der Waals surface area contributed by atoms with Crippen molar-refractivity contribution in [1.29, 1.82) is 0 Å². The third-order valence-corrected chi connectivity index (χ3v) is 5.97. The Kier molecular flexibility index (Phi) is 5.84. The second kappa shape index (κ2) is 8.34. The predicted octanol–water partition coefficient (Wildman–Crippen LogP) is 4.26. The summed E-state index contributed by atoms with van der Waals surface area (Å²) in [6, 6.07) is 16.3. The van der Waals surface area contributed by atoms with Gasteiger partial charge >= 0.3 is 0 Å². The van der Waals surface area contributed by atoms with Crippen molar-refractivity contribution in [3.63, 3.8) is 0 Å². The van der Waals surface area contributed by atoms with E-state index in [1.165, 1.54) is 30.3 Å². The summed E-state index contributed by atoms with van der Waals surface area (Å²) in [6.07, 6.45) is 0. The molecule has 0 spiro atoms. The van der Waals surface area contributed by atoms with Crippen molar-refractivity contribution in [2.24, 2.45) is 0 Å². The Morgan fingerprint density at radius 1 is 0.933 bits per heavy atom. The van der Waals surface area contributed by atoms with Crippen LogP contribution in [0.25, 0.3) is 0 Å². The molecule has 0 fully saturated rings. The number of hydrogen-bond acceptors (Lipinski definition) is 5. The molecule has 0 aliphatic carbocycles. The summed E-state index contributed by atoms with van der Waals surface area (Å²) in [5.41, 5.74) is 2.36. The Balaban J connectivity index is 1.91. The van der Waals surface area contributed by atoms with Gasteiger partial charge in [0.15, 0.2) is 0 Å². The highest BCUT2D eigenvalue weighted by Gasteiger charge is 2.21. The summed E-state index contributed by atoms with van der Waals surface area (Å²) in [6.45, 7) is 3.80. The number of nitrogens with zero attached hydrogens (tertiary/aromatic N) is 1. The Hall–Kier alpha value is -3.72. The van der Waals surface area contributed by atoms with E-state index in [1.807, 2.05) is 26.0 Å². The van der Waals surface area contributed by atoms with Crippen molar-refractivity contribution in [1.82, 2.24) is 0 Å². The number of aryl methyl sites for hydroxylation is 1. The van der Waals surface area contributed by atoms with Crippen LogP contribution in [-0.4, -0.2) is 19.2 Å². The number of carbonyl (C=O) groups excluding carboxylic acids is 1. The molecule has 0 saturated carbocycles. The first kappa shape index (κ1) is 21.0. The minimum absolute atomic E-state index is 0.0619. The molecule has 3 aromatic rings. The molecule has 0 unspecified atom stereocenters. The van der Waals surface area contributed by atoms with Gasteiger partial charge in [0, 0.05) is 17.8 Å². The third kappa shape index (κ3) is 4.47. The SMILES string of the molecule is Cc1cccc(NC(=O)c2ccccc2NS(=O)(=O)c2cccc([N+](=O)[O-])c2)c1C. The van der Waals surface area contributed by atoms with Gasteiger partial charge in [-0.2, -0.15) is 0 Å². The van der Waals surface area contributed by atoms with Crippen LogP contribution in [-0.2, 0) is 10.0 Å². The molecule has 0 heterocycles. The molecule has 0 atom stereocenters. The van der Waals surface area contributed by atoms with Crippen molar-refractivity contribution < 1.29 is 18.1 Å². The molecule has 0 saturated heterocycles. The summed E-state index contributed by atoms with van der Waals surface area (Å²) in [5.74, 6) is -0.485. The number of carbonyl (C=O) groups is 1. The lowest BCUT2D eigenvalue weighted by molar-refractivity contribution is -0.385. The van der Waals surface area contributed by atoms with Crippen molar-refractivity contribution in [3.05, 3.63) is 93.5 Å². The number of non-ortho nitro benzene ring substituents is 1. The van der Waals surface area contributed by atoms with Crippen LogP contribution >= 0.6 is 0 Å². The summed E-state index contributed by atoms with van der Waals surface area (Å²) >= 11 is 0. The molecule has 0 aromatic heterocycles. The lowest BCUT2D eigenvalue weighted by Gasteiger charge is -2.14. The fraction of sp³-hybridized carbons (Fsp3) is 0.0952. The van der Waals surface area contributed by atoms with Gasteiger partial charge in [-0.25, -0.2) is 8.42 Å². The topological polar surface area (TPSA) is 118 Å². The summed E-state index contributed by atoms with van der Waals surface area (Å²) < 4.78 is 27.8. The highest BCUT2D eigenvalue weighted by molar-refractivity contribution is 7.92.